The summed E-state index contributed by atoms with van der Waals surface area (Å²) >= 11 is 0. The predicted octanol–water partition coefficient (Wildman–Crippen LogP) is 3.28. The molecule has 0 atom stereocenters. The highest BCUT2D eigenvalue weighted by atomic mass is 127. The van der Waals surface area contributed by atoms with Crippen molar-refractivity contribution < 1.29 is 9.15 Å². The molecule has 2 aliphatic rings. The first kappa shape index (κ1) is 23.5. The zero-order valence-electron chi connectivity index (χ0n) is 17.3. The maximum absolute atomic E-state index is 5.42. The van der Waals surface area contributed by atoms with Crippen LogP contribution in [0.25, 0.3) is 0 Å². The molecule has 0 bridgehead atoms. The molecule has 0 spiro atoms. The number of guanidine groups is 1. The van der Waals surface area contributed by atoms with Crippen molar-refractivity contribution in [1.29, 1.82) is 0 Å². The van der Waals surface area contributed by atoms with E-state index in [2.05, 4.69) is 22.5 Å². The van der Waals surface area contributed by atoms with E-state index in [1.54, 1.807) is 6.26 Å². The van der Waals surface area contributed by atoms with Gasteiger partial charge < -0.3 is 19.8 Å². The van der Waals surface area contributed by atoms with Crippen LogP contribution in [-0.2, 0) is 11.2 Å². The highest BCUT2D eigenvalue weighted by molar-refractivity contribution is 14.0. The Balaban J connectivity index is 0.00000280. The Labute approximate surface area is 186 Å². The van der Waals surface area contributed by atoms with Gasteiger partial charge in [0.15, 0.2) is 5.96 Å². The molecule has 2 heterocycles. The topological polar surface area (TPSA) is 62.0 Å². The normalized spacial score (nSPS) is 19.5. The van der Waals surface area contributed by atoms with E-state index < -0.39 is 0 Å². The lowest BCUT2D eigenvalue weighted by Crippen LogP contribution is -2.42. The minimum Gasteiger partial charge on any atom is -0.469 e. The summed E-state index contributed by atoms with van der Waals surface area (Å²) in [4.78, 5) is 7.40. The zero-order chi connectivity index (χ0) is 18.8. The Morgan fingerprint density at radius 2 is 2.00 bits per heavy atom. The van der Waals surface area contributed by atoms with Crippen LogP contribution < -0.4 is 10.6 Å². The average molecular weight is 504 g/mol. The fourth-order valence-electron chi connectivity index (χ4n) is 3.81. The van der Waals surface area contributed by atoms with Gasteiger partial charge in [-0.05, 0) is 49.8 Å². The van der Waals surface area contributed by atoms with Gasteiger partial charge >= 0.3 is 0 Å². The van der Waals surface area contributed by atoms with E-state index >= 15 is 0 Å². The Kier molecular flexibility index (Phi) is 10.6. The van der Waals surface area contributed by atoms with Crippen molar-refractivity contribution in [1.82, 2.24) is 15.5 Å². The van der Waals surface area contributed by atoms with Crippen molar-refractivity contribution in [2.24, 2.45) is 10.4 Å². The third-order valence-electron chi connectivity index (χ3n) is 6.03. The number of halogens is 1. The molecule has 3 rings (SSSR count). The molecule has 2 N–H and O–H groups in total. The van der Waals surface area contributed by atoms with E-state index in [9.17, 15) is 0 Å². The molecule has 28 heavy (non-hydrogen) atoms. The molecule has 1 aliphatic heterocycles. The second-order valence-electron chi connectivity index (χ2n) is 7.86. The third kappa shape index (κ3) is 7.55. The molecule has 1 aromatic heterocycles. The molecule has 1 saturated carbocycles. The van der Waals surface area contributed by atoms with Crippen LogP contribution in [0.15, 0.2) is 27.8 Å². The third-order valence-corrected chi connectivity index (χ3v) is 6.03. The largest absolute Gasteiger partial charge is 0.469 e. The first-order chi connectivity index (χ1) is 13.3. The SMILES string of the molecule is CCC1(CN=C(NCCCN2CCOCC2)NCCc2ccco2)CCC1.I. The first-order valence-corrected chi connectivity index (χ1v) is 10.6. The van der Waals surface area contributed by atoms with E-state index in [0.717, 1.165) is 77.0 Å². The van der Waals surface area contributed by atoms with Gasteiger partial charge in [-0.2, -0.15) is 0 Å². The van der Waals surface area contributed by atoms with Gasteiger partial charge in [0.25, 0.3) is 0 Å². The van der Waals surface area contributed by atoms with Crippen LogP contribution in [0.3, 0.4) is 0 Å². The molecular weight excluding hydrogens is 467 g/mol. The Bertz CT molecular complexity index is 549. The predicted molar refractivity (Wildman–Crippen MR) is 125 cm³/mol. The molecule has 2 fully saturated rings. The Morgan fingerprint density at radius 3 is 2.64 bits per heavy atom. The summed E-state index contributed by atoms with van der Waals surface area (Å²) in [6.07, 6.45) is 8.96. The van der Waals surface area contributed by atoms with Crippen LogP contribution in [0.4, 0.5) is 0 Å². The second-order valence-corrected chi connectivity index (χ2v) is 7.86. The van der Waals surface area contributed by atoms with Gasteiger partial charge in [0.2, 0.25) is 0 Å². The van der Waals surface area contributed by atoms with Crippen LogP contribution in [0.5, 0.6) is 0 Å². The van der Waals surface area contributed by atoms with E-state index in [1.165, 1.54) is 25.7 Å². The zero-order valence-corrected chi connectivity index (χ0v) is 19.6. The number of furan rings is 1. The number of aliphatic imine (C=N–C) groups is 1. The van der Waals surface area contributed by atoms with Gasteiger partial charge in [0.1, 0.15) is 5.76 Å². The summed E-state index contributed by atoms with van der Waals surface area (Å²) in [6, 6.07) is 3.96. The summed E-state index contributed by atoms with van der Waals surface area (Å²) < 4.78 is 10.8. The van der Waals surface area contributed by atoms with Crippen molar-refractivity contribution in [2.75, 3.05) is 52.5 Å². The highest BCUT2D eigenvalue weighted by Gasteiger charge is 2.34. The molecule has 160 valence electrons. The summed E-state index contributed by atoms with van der Waals surface area (Å²) in [5, 5.41) is 7.02. The van der Waals surface area contributed by atoms with Gasteiger partial charge in [-0.15, -0.1) is 24.0 Å². The van der Waals surface area contributed by atoms with Gasteiger partial charge in [-0.25, -0.2) is 0 Å². The van der Waals surface area contributed by atoms with Crippen molar-refractivity contribution >= 4 is 29.9 Å². The molecule has 0 unspecified atom stereocenters. The number of ether oxygens (including phenoxy) is 1. The molecule has 6 nitrogen and oxygen atoms in total. The number of morpholine rings is 1. The van der Waals surface area contributed by atoms with Crippen LogP contribution in [0.2, 0.25) is 0 Å². The summed E-state index contributed by atoms with van der Waals surface area (Å²) in [6.45, 7) is 9.99. The number of nitrogens with zero attached hydrogens (tertiary/aromatic N) is 2. The molecule has 1 aromatic rings. The Morgan fingerprint density at radius 1 is 1.21 bits per heavy atom. The summed E-state index contributed by atoms with van der Waals surface area (Å²) in [7, 11) is 0. The number of hydrogen-bond acceptors (Lipinski definition) is 4. The maximum atomic E-state index is 5.42. The molecule has 1 saturated heterocycles. The van der Waals surface area contributed by atoms with Gasteiger partial charge in [0.05, 0.1) is 19.5 Å². The molecule has 7 heteroatoms. The van der Waals surface area contributed by atoms with Crippen molar-refractivity contribution in [3.05, 3.63) is 24.2 Å². The fourth-order valence-corrected chi connectivity index (χ4v) is 3.81. The fraction of sp³-hybridized carbons (Fsp3) is 0.762. The van der Waals surface area contributed by atoms with E-state index in [1.807, 2.05) is 12.1 Å². The van der Waals surface area contributed by atoms with Crippen LogP contribution in [-0.4, -0.2) is 63.3 Å². The number of nitrogens with one attached hydrogen (secondary N) is 2. The monoisotopic (exact) mass is 504 g/mol. The standard InChI is InChI=1S/C21H36N4O2.HI/c1-2-21(8-4-9-21)18-24-20(23-11-7-19-6-3-15-27-19)22-10-5-12-25-13-16-26-17-14-25;/h3,6,15H,2,4-5,7-14,16-18H2,1H3,(H2,22,23,24);1H. The van der Waals surface area contributed by atoms with Gasteiger partial charge in [-0.3, -0.25) is 9.89 Å². The molecule has 0 amide bonds. The Hall–Kier alpha value is -0.800. The lowest BCUT2D eigenvalue weighted by molar-refractivity contribution is 0.0376. The molecule has 0 aromatic carbocycles. The highest BCUT2D eigenvalue weighted by Crippen LogP contribution is 2.43. The quantitative estimate of drug-likeness (QED) is 0.222. The van der Waals surface area contributed by atoms with E-state index in [-0.39, 0.29) is 24.0 Å². The van der Waals surface area contributed by atoms with Crippen LogP contribution >= 0.6 is 24.0 Å². The van der Waals surface area contributed by atoms with Crippen molar-refractivity contribution in [2.45, 2.75) is 45.4 Å². The van der Waals surface area contributed by atoms with E-state index in [4.69, 9.17) is 14.1 Å². The van der Waals surface area contributed by atoms with Gasteiger partial charge in [-0.1, -0.05) is 13.3 Å². The first-order valence-electron chi connectivity index (χ1n) is 10.6. The number of rotatable bonds is 10. The lowest BCUT2D eigenvalue weighted by atomic mass is 9.67. The molecule has 1 aliphatic carbocycles. The molecular formula is C21H37IN4O2. The van der Waals surface area contributed by atoms with Crippen molar-refractivity contribution in [3.8, 4) is 0 Å². The number of hydrogen-bond donors (Lipinski definition) is 2. The summed E-state index contributed by atoms with van der Waals surface area (Å²) in [5.74, 6) is 1.96. The van der Waals surface area contributed by atoms with E-state index in [0.29, 0.717) is 5.41 Å². The lowest BCUT2D eigenvalue weighted by Gasteiger charge is -2.40. The second kappa shape index (κ2) is 12.7. The summed E-state index contributed by atoms with van der Waals surface area (Å²) in [5.41, 5.74) is 0.448. The van der Waals surface area contributed by atoms with Crippen molar-refractivity contribution in [3.63, 3.8) is 0 Å². The minimum atomic E-state index is 0. The smallest absolute Gasteiger partial charge is 0.191 e. The van der Waals surface area contributed by atoms with Crippen LogP contribution in [0.1, 0.15) is 44.8 Å². The average Bonchev–Trinajstić information content (AvgIpc) is 3.18. The molecule has 0 radical (unpaired) electrons. The minimum absolute atomic E-state index is 0. The maximum Gasteiger partial charge on any atom is 0.191 e. The van der Waals surface area contributed by atoms with Gasteiger partial charge in [0, 0.05) is 39.1 Å². The van der Waals surface area contributed by atoms with Crippen LogP contribution in [0, 0.1) is 5.41 Å².